The van der Waals surface area contributed by atoms with Gasteiger partial charge in [-0.15, -0.1) is 0 Å². The molecule has 3 aromatic carbocycles. The number of rotatable bonds is 3. The Morgan fingerprint density at radius 1 is 1.03 bits per heavy atom. The molecule has 5 rings (SSSR count). The lowest BCUT2D eigenvalue weighted by Gasteiger charge is -2.26. The fourth-order valence-electron chi connectivity index (χ4n) is 4.06. The maximum atomic E-state index is 13.1. The van der Waals surface area contributed by atoms with Gasteiger partial charge in [0.25, 0.3) is 0 Å². The number of carbonyl (C=O) groups is 2. The van der Waals surface area contributed by atoms with E-state index in [2.05, 4.69) is 0 Å². The molecule has 154 valence electrons. The summed E-state index contributed by atoms with van der Waals surface area (Å²) in [6.07, 6.45) is 1.72. The molecule has 0 aliphatic carbocycles. The Balaban J connectivity index is 1.63. The first-order chi connectivity index (χ1) is 15.0. The van der Waals surface area contributed by atoms with Gasteiger partial charge in [0.05, 0.1) is 19.1 Å². The lowest BCUT2D eigenvalue weighted by atomic mass is 9.84. The number of Topliss-reactive ketones (excluding diaryl/α,β-unsaturated/α-hetero) is 1. The van der Waals surface area contributed by atoms with Gasteiger partial charge in [-0.3, -0.25) is 9.59 Å². The van der Waals surface area contributed by atoms with E-state index in [4.69, 9.17) is 14.2 Å². The van der Waals surface area contributed by atoms with Gasteiger partial charge in [-0.2, -0.15) is 0 Å². The number of allylic oxidation sites excluding steroid dienone is 1. The van der Waals surface area contributed by atoms with Crippen LogP contribution in [0.25, 0.3) is 6.08 Å². The summed E-state index contributed by atoms with van der Waals surface area (Å²) in [4.78, 5) is 25.3. The fourth-order valence-corrected chi connectivity index (χ4v) is 4.06. The molecule has 0 radical (unpaired) electrons. The normalized spacial score (nSPS) is 18.2. The number of ether oxygens (including phenoxy) is 3. The number of hydrogen-bond acceptors (Lipinski definition) is 6. The van der Waals surface area contributed by atoms with Gasteiger partial charge >= 0.3 is 5.97 Å². The summed E-state index contributed by atoms with van der Waals surface area (Å²) in [7, 11) is 1.56. The van der Waals surface area contributed by atoms with Gasteiger partial charge in [0.1, 0.15) is 23.0 Å². The molecular weight excluding hydrogens is 396 g/mol. The largest absolute Gasteiger partial charge is 0.508 e. The van der Waals surface area contributed by atoms with Crippen LogP contribution in [0.2, 0.25) is 0 Å². The van der Waals surface area contributed by atoms with Gasteiger partial charge in [0.2, 0.25) is 5.78 Å². The minimum atomic E-state index is -0.406. The maximum absolute atomic E-state index is 13.1. The number of benzene rings is 3. The van der Waals surface area contributed by atoms with Crippen LogP contribution in [-0.4, -0.2) is 24.0 Å². The van der Waals surface area contributed by atoms with Crippen LogP contribution < -0.4 is 14.2 Å². The molecule has 6 nitrogen and oxygen atoms in total. The van der Waals surface area contributed by atoms with Crippen LogP contribution in [0.4, 0.5) is 0 Å². The lowest BCUT2D eigenvalue weighted by molar-refractivity contribution is -0.135. The van der Waals surface area contributed by atoms with Crippen molar-refractivity contribution in [3.05, 3.63) is 88.7 Å². The van der Waals surface area contributed by atoms with Crippen LogP contribution in [0, 0.1) is 0 Å². The first-order valence-electron chi connectivity index (χ1n) is 9.79. The average molecular weight is 414 g/mol. The zero-order valence-corrected chi connectivity index (χ0v) is 16.6. The number of phenols is 1. The Hall–Kier alpha value is -4.06. The van der Waals surface area contributed by atoms with Crippen LogP contribution in [0.5, 0.6) is 23.0 Å². The Labute approximate surface area is 178 Å². The molecule has 0 aromatic heterocycles. The molecule has 0 unspecified atom stereocenters. The third-order valence-electron chi connectivity index (χ3n) is 5.48. The number of phenolic OH excluding ortho intramolecular Hbond substituents is 1. The third kappa shape index (κ3) is 3.22. The summed E-state index contributed by atoms with van der Waals surface area (Å²) in [5.74, 6) is 0.579. The summed E-state index contributed by atoms with van der Waals surface area (Å²) in [6, 6.07) is 17.3. The molecule has 3 aromatic rings. The Bertz CT molecular complexity index is 1260. The van der Waals surface area contributed by atoms with Gasteiger partial charge in [0.15, 0.2) is 5.76 Å². The van der Waals surface area contributed by atoms with Crippen molar-refractivity contribution in [2.45, 2.75) is 12.3 Å². The number of carbonyl (C=O) groups excluding carboxylic acids is 2. The zero-order chi connectivity index (χ0) is 21.5. The topological polar surface area (TPSA) is 82.1 Å². The van der Waals surface area contributed by atoms with Crippen LogP contribution in [-0.2, 0) is 4.79 Å². The summed E-state index contributed by atoms with van der Waals surface area (Å²) in [5.41, 5.74) is 2.48. The smallest absolute Gasteiger partial charge is 0.312 e. The quantitative estimate of drug-likeness (QED) is 0.387. The van der Waals surface area contributed by atoms with E-state index < -0.39 is 5.92 Å². The fraction of sp³-hybridized carbons (Fsp3) is 0.120. The number of methoxy groups -OCH3 is 1. The molecule has 0 amide bonds. The zero-order valence-electron chi connectivity index (χ0n) is 16.6. The van der Waals surface area contributed by atoms with Crippen molar-refractivity contribution in [2.24, 2.45) is 0 Å². The van der Waals surface area contributed by atoms with E-state index >= 15 is 0 Å². The van der Waals surface area contributed by atoms with Crippen LogP contribution >= 0.6 is 0 Å². The Morgan fingerprint density at radius 3 is 2.68 bits per heavy atom. The summed E-state index contributed by atoms with van der Waals surface area (Å²) in [6.45, 7) is 0. The van der Waals surface area contributed by atoms with Crippen molar-refractivity contribution in [2.75, 3.05) is 7.11 Å². The molecule has 0 spiro atoms. The predicted molar refractivity (Wildman–Crippen MR) is 113 cm³/mol. The van der Waals surface area contributed by atoms with Crippen LogP contribution in [0.1, 0.15) is 39.4 Å². The highest BCUT2D eigenvalue weighted by Gasteiger charge is 2.38. The van der Waals surface area contributed by atoms with Crippen molar-refractivity contribution in [3.8, 4) is 23.0 Å². The summed E-state index contributed by atoms with van der Waals surface area (Å²) in [5, 5.41) is 9.93. The molecule has 6 heteroatoms. The molecule has 0 bridgehead atoms. The van der Waals surface area contributed by atoms with Crippen LogP contribution in [0.3, 0.4) is 0 Å². The van der Waals surface area contributed by atoms with E-state index in [-0.39, 0.29) is 29.7 Å². The average Bonchev–Trinajstić information content (AvgIpc) is 3.08. The van der Waals surface area contributed by atoms with Gasteiger partial charge in [0, 0.05) is 17.0 Å². The van der Waals surface area contributed by atoms with E-state index in [0.717, 1.165) is 5.56 Å². The van der Waals surface area contributed by atoms with E-state index in [9.17, 15) is 14.7 Å². The molecule has 2 heterocycles. The SMILES string of the molecule is COc1ccccc1/C=C1\Oc2c(ccc3c2[C@H](c2cccc(O)c2)CC(=O)O3)C1=O. The molecule has 31 heavy (non-hydrogen) atoms. The summed E-state index contributed by atoms with van der Waals surface area (Å²) < 4.78 is 16.8. The molecule has 1 N–H and O–H groups in total. The van der Waals surface area contributed by atoms with E-state index in [0.29, 0.717) is 33.9 Å². The van der Waals surface area contributed by atoms with E-state index in [1.807, 2.05) is 24.3 Å². The number of ketones is 1. The van der Waals surface area contributed by atoms with Crippen molar-refractivity contribution in [3.63, 3.8) is 0 Å². The summed E-state index contributed by atoms with van der Waals surface area (Å²) >= 11 is 0. The third-order valence-corrected chi connectivity index (χ3v) is 5.48. The second-order valence-electron chi connectivity index (χ2n) is 7.36. The first-order valence-corrected chi connectivity index (χ1v) is 9.79. The molecule has 1 atom stereocenters. The monoisotopic (exact) mass is 414 g/mol. The highest BCUT2D eigenvalue weighted by atomic mass is 16.5. The van der Waals surface area contributed by atoms with Crippen molar-refractivity contribution >= 4 is 17.8 Å². The van der Waals surface area contributed by atoms with Crippen LogP contribution in [0.15, 0.2) is 66.4 Å². The van der Waals surface area contributed by atoms with Crippen molar-refractivity contribution in [1.82, 2.24) is 0 Å². The molecule has 0 saturated heterocycles. The second kappa shape index (κ2) is 7.32. The Morgan fingerprint density at radius 2 is 1.87 bits per heavy atom. The molecule has 2 aliphatic rings. The molecular formula is C25H18O6. The number of hydrogen-bond donors (Lipinski definition) is 1. The molecule has 0 fully saturated rings. The minimum absolute atomic E-state index is 0.0794. The van der Waals surface area contributed by atoms with Crippen molar-refractivity contribution < 1.29 is 28.9 Å². The second-order valence-corrected chi connectivity index (χ2v) is 7.36. The van der Waals surface area contributed by atoms with Crippen molar-refractivity contribution in [1.29, 1.82) is 0 Å². The predicted octanol–water partition coefficient (Wildman–Crippen LogP) is 4.46. The lowest BCUT2D eigenvalue weighted by Crippen LogP contribution is -2.21. The van der Waals surface area contributed by atoms with Gasteiger partial charge in [-0.1, -0.05) is 30.3 Å². The number of para-hydroxylation sites is 1. The van der Waals surface area contributed by atoms with E-state index in [1.165, 1.54) is 0 Å². The number of aromatic hydroxyl groups is 1. The Kier molecular flexibility index (Phi) is 4.47. The van der Waals surface area contributed by atoms with Gasteiger partial charge in [-0.05, 0) is 42.0 Å². The van der Waals surface area contributed by atoms with E-state index in [1.54, 1.807) is 49.6 Å². The molecule has 0 saturated carbocycles. The number of esters is 1. The molecule has 2 aliphatic heterocycles. The highest BCUT2D eigenvalue weighted by Crippen LogP contribution is 2.49. The van der Waals surface area contributed by atoms with Gasteiger partial charge < -0.3 is 19.3 Å². The van der Waals surface area contributed by atoms with Gasteiger partial charge in [-0.25, -0.2) is 0 Å². The standard InChI is InChI=1S/C25H18O6/c1-29-19-8-3-2-5-15(19)12-21-24(28)17-9-10-20-23(25(17)31-21)18(13-22(27)30-20)14-6-4-7-16(26)11-14/h2-12,18,26H,13H2,1H3/b21-12-/t18-/m0/s1. The minimum Gasteiger partial charge on any atom is -0.508 e. The first kappa shape index (κ1) is 18.9. The number of fused-ring (bicyclic) bond motifs is 3. The maximum Gasteiger partial charge on any atom is 0.312 e. The highest BCUT2D eigenvalue weighted by molar-refractivity contribution is 6.15.